The molecule has 17 nitrogen and oxygen atoms in total. The number of carbonyl (C=O) groups is 4. The molecular formula is C79H154O17P2. The number of unbranched alkanes of at least 4 members (excludes halogenated alkanes) is 47. The minimum Gasteiger partial charge on any atom is -0.462 e. The van der Waals surface area contributed by atoms with Gasteiger partial charge in [-0.15, -0.1) is 0 Å². The molecule has 582 valence electrons. The van der Waals surface area contributed by atoms with Crippen LogP contribution in [0.5, 0.6) is 0 Å². The van der Waals surface area contributed by atoms with Crippen LogP contribution in [-0.4, -0.2) is 96.7 Å². The fourth-order valence-electron chi connectivity index (χ4n) is 12.2. The van der Waals surface area contributed by atoms with E-state index in [0.29, 0.717) is 31.6 Å². The zero-order chi connectivity index (χ0) is 72.1. The standard InChI is InChI=1S/C79H154O17P2/c1-7-10-12-14-16-18-20-22-24-25-26-27-28-29-31-33-35-37-44-51-57-63-78(83)95-74(67-89-76(81)61-55-49-43-36-34-32-30-23-21-19-17-15-13-11-8-2)69-93-97(85,86)91-65-73(80)66-92-98(87,88)94-70-75(68-90-77(82)62-56-50-46-40-41-47-53-59-71(4)5)96-79(84)64-58-52-45-39-38-42-48-54-60-72(6)9-3/h71-75,80H,7-70H2,1-6H3,(H,85,86)(H,87,88)/t72?,73-,74-,75-/m1/s1. The van der Waals surface area contributed by atoms with Gasteiger partial charge in [0.15, 0.2) is 12.2 Å². The van der Waals surface area contributed by atoms with E-state index in [9.17, 15) is 43.2 Å². The van der Waals surface area contributed by atoms with Gasteiger partial charge >= 0.3 is 39.5 Å². The van der Waals surface area contributed by atoms with E-state index in [4.69, 9.17) is 37.0 Å². The molecule has 0 aromatic heterocycles. The van der Waals surface area contributed by atoms with Crippen LogP contribution in [0.1, 0.15) is 414 Å². The predicted molar refractivity (Wildman–Crippen MR) is 400 cm³/mol. The van der Waals surface area contributed by atoms with E-state index in [-0.39, 0.29) is 25.7 Å². The lowest BCUT2D eigenvalue weighted by molar-refractivity contribution is -0.161. The predicted octanol–water partition coefficient (Wildman–Crippen LogP) is 23.5. The third-order valence-corrected chi connectivity index (χ3v) is 20.7. The largest absolute Gasteiger partial charge is 0.472 e. The molecule has 98 heavy (non-hydrogen) atoms. The lowest BCUT2D eigenvalue weighted by Crippen LogP contribution is -2.30. The number of phosphoric ester groups is 2. The van der Waals surface area contributed by atoms with Crippen LogP contribution >= 0.6 is 15.6 Å². The summed E-state index contributed by atoms with van der Waals surface area (Å²) in [6, 6.07) is 0. The van der Waals surface area contributed by atoms with Gasteiger partial charge in [-0.1, -0.05) is 363 Å². The second-order valence-corrected chi connectivity index (χ2v) is 32.1. The summed E-state index contributed by atoms with van der Waals surface area (Å²) in [5.74, 6) is -0.640. The molecule has 19 heteroatoms. The molecule has 0 fully saturated rings. The number of esters is 4. The van der Waals surface area contributed by atoms with Crippen molar-refractivity contribution in [1.82, 2.24) is 0 Å². The maximum atomic E-state index is 13.1. The highest BCUT2D eigenvalue weighted by molar-refractivity contribution is 7.47. The van der Waals surface area contributed by atoms with Gasteiger partial charge in [0.25, 0.3) is 0 Å². The Kier molecular flexibility index (Phi) is 69.3. The van der Waals surface area contributed by atoms with E-state index < -0.39 is 97.5 Å². The molecule has 3 N–H and O–H groups in total. The van der Waals surface area contributed by atoms with E-state index in [2.05, 4.69) is 41.5 Å². The molecule has 0 amide bonds. The van der Waals surface area contributed by atoms with E-state index >= 15 is 0 Å². The minimum atomic E-state index is -4.96. The van der Waals surface area contributed by atoms with Gasteiger partial charge in [0.1, 0.15) is 19.3 Å². The summed E-state index contributed by atoms with van der Waals surface area (Å²) in [6.45, 7) is 9.55. The average molecular weight is 1440 g/mol. The van der Waals surface area contributed by atoms with Gasteiger partial charge in [0, 0.05) is 25.7 Å². The van der Waals surface area contributed by atoms with Crippen LogP contribution in [0.4, 0.5) is 0 Å². The summed E-state index contributed by atoms with van der Waals surface area (Å²) >= 11 is 0. The van der Waals surface area contributed by atoms with Crippen LogP contribution in [0, 0.1) is 11.8 Å². The number of hydrogen-bond acceptors (Lipinski definition) is 15. The van der Waals surface area contributed by atoms with Gasteiger partial charge in [0.2, 0.25) is 0 Å². The van der Waals surface area contributed by atoms with Crippen LogP contribution in [0.2, 0.25) is 0 Å². The third-order valence-electron chi connectivity index (χ3n) is 18.8. The van der Waals surface area contributed by atoms with E-state index in [1.807, 2.05) is 0 Å². The van der Waals surface area contributed by atoms with Crippen molar-refractivity contribution in [3.8, 4) is 0 Å². The van der Waals surface area contributed by atoms with Crippen molar-refractivity contribution >= 4 is 39.5 Å². The maximum absolute atomic E-state index is 13.1. The second-order valence-electron chi connectivity index (χ2n) is 29.2. The second kappa shape index (κ2) is 70.7. The zero-order valence-electron chi connectivity index (χ0n) is 64.1. The quantitative estimate of drug-likeness (QED) is 0.0222. The fraction of sp³-hybridized carbons (Fsp3) is 0.949. The fourth-order valence-corrected chi connectivity index (χ4v) is 13.7. The molecule has 0 radical (unpaired) electrons. The summed E-state index contributed by atoms with van der Waals surface area (Å²) < 4.78 is 68.6. The minimum absolute atomic E-state index is 0.104. The number of rotatable bonds is 78. The molecule has 0 aromatic rings. The first-order valence-corrected chi connectivity index (χ1v) is 44.0. The van der Waals surface area contributed by atoms with E-state index in [0.717, 1.165) is 102 Å². The summed E-state index contributed by atoms with van der Waals surface area (Å²) in [5, 5.41) is 10.6. The van der Waals surface area contributed by atoms with Gasteiger partial charge in [-0.25, -0.2) is 9.13 Å². The van der Waals surface area contributed by atoms with Crippen molar-refractivity contribution in [3.63, 3.8) is 0 Å². The van der Waals surface area contributed by atoms with Gasteiger partial charge < -0.3 is 33.8 Å². The Bertz CT molecular complexity index is 1890. The number of ether oxygens (including phenoxy) is 4. The van der Waals surface area contributed by atoms with E-state index in [1.54, 1.807) is 0 Å². The summed E-state index contributed by atoms with van der Waals surface area (Å²) in [7, 11) is -9.92. The van der Waals surface area contributed by atoms with Gasteiger partial charge in [0.05, 0.1) is 26.4 Å². The van der Waals surface area contributed by atoms with Crippen LogP contribution in [0.15, 0.2) is 0 Å². The Morgan fingerprint density at radius 3 is 0.776 bits per heavy atom. The molecule has 0 aliphatic heterocycles. The normalized spacial score (nSPS) is 14.2. The first-order chi connectivity index (χ1) is 47.4. The lowest BCUT2D eigenvalue weighted by atomic mass is 9.99. The average Bonchev–Trinajstić information content (AvgIpc) is 1.12. The number of hydrogen-bond donors (Lipinski definition) is 3. The maximum Gasteiger partial charge on any atom is 0.472 e. The third kappa shape index (κ3) is 71.1. The molecule has 0 aromatic carbocycles. The molecule has 6 atom stereocenters. The summed E-state index contributed by atoms with van der Waals surface area (Å²) in [5.41, 5.74) is 0. The molecule has 0 aliphatic rings. The van der Waals surface area contributed by atoms with Crippen molar-refractivity contribution in [3.05, 3.63) is 0 Å². The Morgan fingerprint density at radius 2 is 0.520 bits per heavy atom. The highest BCUT2D eigenvalue weighted by Gasteiger charge is 2.30. The number of phosphoric acid groups is 2. The van der Waals surface area contributed by atoms with Crippen molar-refractivity contribution in [2.24, 2.45) is 11.8 Å². The zero-order valence-corrected chi connectivity index (χ0v) is 65.9. The molecule has 0 aliphatic carbocycles. The molecule has 0 saturated heterocycles. The Hall–Kier alpha value is -1.94. The number of aliphatic hydroxyl groups is 1. The highest BCUT2D eigenvalue weighted by Crippen LogP contribution is 2.45. The topological polar surface area (TPSA) is 237 Å². The SMILES string of the molecule is CCCCCCCCCCCCCCCCCCCCCCCC(=O)O[C@H](COC(=O)CCCCCCCCCCCCCCCCC)COP(=O)(O)OC[C@@H](O)COP(=O)(O)OC[C@@H](COC(=O)CCCCCCCCCC(C)C)OC(=O)CCCCCCCCCCC(C)CC. The Labute approximate surface area is 600 Å². The molecule has 0 spiro atoms. The first kappa shape index (κ1) is 96.1. The summed E-state index contributed by atoms with van der Waals surface area (Å²) in [4.78, 5) is 72.9. The molecule has 0 heterocycles. The van der Waals surface area contributed by atoms with Crippen LogP contribution in [0.25, 0.3) is 0 Å². The summed E-state index contributed by atoms with van der Waals surface area (Å²) in [6.07, 6.45) is 59.8. The Balaban J connectivity index is 5.21. The van der Waals surface area contributed by atoms with Crippen molar-refractivity contribution in [2.75, 3.05) is 39.6 Å². The Morgan fingerprint density at radius 1 is 0.296 bits per heavy atom. The molecular weight excluding hydrogens is 1280 g/mol. The number of carbonyl (C=O) groups excluding carboxylic acids is 4. The van der Waals surface area contributed by atoms with Crippen LogP contribution in [-0.2, 0) is 65.4 Å². The molecule has 0 bridgehead atoms. The van der Waals surface area contributed by atoms with Crippen molar-refractivity contribution in [1.29, 1.82) is 0 Å². The van der Waals surface area contributed by atoms with Crippen LogP contribution in [0.3, 0.4) is 0 Å². The number of aliphatic hydroxyl groups excluding tert-OH is 1. The lowest BCUT2D eigenvalue weighted by Gasteiger charge is -2.21. The molecule has 3 unspecified atom stereocenters. The van der Waals surface area contributed by atoms with Gasteiger partial charge in [-0.05, 0) is 37.5 Å². The molecule has 0 rings (SSSR count). The van der Waals surface area contributed by atoms with E-state index in [1.165, 1.54) is 225 Å². The smallest absolute Gasteiger partial charge is 0.462 e. The highest BCUT2D eigenvalue weighted by atomic mass is 31.2. The van der Waals surface area contributed by atoms with Gasteiger partial charge in [-0.3, -0.25) is 37.3 Å². The van der Waals surface area contributed by atoms with Crippen molar-refractivity contribution < 1.29 is 80.2 Å². The first-order valence-electron chi connectivity index (χ1n) is 41.0. The van der Waals surface area contributed by atoms with Crippen LogP contribution < -0.4 is 0 Å². The van der Waals surface area contributed by atoms with Crippen molar-refractivity contribution in [2.45, 2.75) is 432 Å². The molecule has 0 saturated carbocycles. The van der Waals surface area contributed by atoms with Gasteiger partial charge in [-0.2, -0.15) is 0 Å². The monoisotopic (exact) mass is 1440 g/mol.